The molecule has 8 N–H and O–H groups in total. The molecule has 0 heterocycles. The first-order valence-corrected chi connectivity index (χ1v) is 42.0. The fourth-order valence-electron chi connectivity index (χ4n) is 19.7. The molecule has 8 aliphatic carbocycles. The van der Waals surface area contributed by atoms with E-state index in [4.69, 9.17) is 0 Å². The van der Waals surface area contributed by atoms with E-state index in [1.165, 1.54) is 0 Å². The van der Waals surface area contributed by atoms with Gasteiger partial charge in [0.2, 0.25) is 0 Å². The first-order valence-electron chi connectivity index (χ1n) is 42.0. The van der Waals surface area contributed by atoms with Gasteiger partial charge in [-0.2, -0.15) is 0 Å². The average molecular weight is 1640 g/mol. The lowest BCUT2D eigenvalue weighted by atomic mass is 9.91. The van der Waals surface area contributed by atoms with E-state index in [0.29, 0.717) is 0 Å². The zero-order valence-electron chi connectivity index (χ0n) is 68.5. The molecule has 8 aliphatic rings. The fourth-order valence-corrected chi connectivity index (χ4v) is 19.7. The van der Waals surface area contributed by atoms with Gasteiger partial charge >= 0.3 is 0 Å². The molecule has 0 saturated heterocycles. The Morgan fingerprint density at radius 3 is 0.234 bits per heavy atom. The molecule has 16 aromatic carbocycles. The Bertz CT molecular complexity index is 6190. The van der Waals surface area contributed by atoms with Crippen LogP contribution >= 0.6 is 0 Å². The van der Waals surface area contributed by atoms with Crippen LogP contribution in [-0.4, -0.2) is 40.9 Å². The van der Waals surface area contributed by atoms with Crippen LogP contribution in [0, 0.1) is 94.7 Å². The smallest absolute Gasteiger partial charge is 0.179 e. The molecule has 128 heavy (non-hydrogen) atoms. The highest BCUT2D eigenvalue weighted by Crippen LogP contribution is 2.55. The number of rotatable bonds is 0. The van der Waals surface area contributed by atoms with E-state index < -0.39 is 44.8 Å². The maximum absolute atomic E-state index is 11.6. The summed E-state index contributed by atoms with van der Waals surface area (Å²) in [6, 6.07) is 124. The zero-order valence-corrected chi connectivity index (χ0v) is 68.5. The van der Waals surface area contributed by atoms with Crippen molar-refractivity contribution in [3.8, 4) is 184 Å². The Morgan fingerprint density at radius 2 is 0.164 bits per heavy atom. The summed E-state index contributed by atoms with van der Waals surface area (Å²) in [5.41, 5.74) is 16.2. The number of benzene rings is 16. The molecule has 0 atom stereocenters. The highest BCUT2D eigenvalue weighted by atomic mass is 16.3. The summed E-state index contributed by atoms with van der Waals surface area (Å²) < 4.78 is 0. The molecule has 8 nitrogen and oxygen atoms in total. The third kappa shape index (κ3) is 12.4. The summed E-state index contributed by atoms with van der Waals surface area (Å²) in [6.07, 6.45) is 0. The Balaban J connectivity index is 0.000000104. The number of aliphatic hydroxyl groups is 8. The molecule has 0 amide bonds. The monoisotopic (exact) mass is 1640 g/mol. The first kappa shape index (κ1) is 78.9. The second kappa shape index (κ2) is 30.9. The predicted molar refractivity (Wildman–Crippen MR) is 501 cm³/mol. The predicted octanol–water partition coefficient (Wildman–Crippen LogP) is 19.3. The van der Waals surface area contributed by atoms with Gasteiger partial charge in [-0.05, 0) is 184 Å². The topological polar surface area (TPSA) is 162 Å². The van der Waals surface area contributed by atoms with Crippen LogP contribution in [0.25, 0.3) is 89.0 Å². The van der Waals surface area contributed by atoms with Crippen LogP contribution < -0.4 is 0 Å². The molecule has 0 radical (unpaired) electrons. The van der Waals surface area contributed by atoms with Crippen LogP contribution in [0.5, 0.6) is 0 Å². The molecule has 0 aromatic heterocycles. The van der Waals surface area contributed by atoms with Gasteiger partial charge in [0.25, 0.3) is 0 Å². The molecule has 0 spiro atoms. The molecule has 8 heteroatoms. The summed E-state index contributed by atoms with van der Waals surface area (Å²) in [5, 5.41) is 92.5. The van der Waals surface area contributed by atoms with E-state index in [0.717, 1.165) is 178 Å². The summed E-state index contributed by atoms with van der Waals surface area (Å²) in [7, 11) is 0. The Morgan fingerprint density at radius 1 is 0.102 bits per heavy atom. The molecule has 0 unspecified atom stereocenters. The molecular weight excluding hydrogens is 1570 g/mol. The van der Waals surface area contributed by atoms with Crippen molar-refractivity contribution < 1.29 is 40.9 Å². The van der Waals surface area contributed by atoms with Crippen LogP contribution in [0.3, 0.4) is 0 Å². The quantitative estimate of drug-likeness (QED) is 0.0696. The van der Waals surface area contributed by atoms with Crippen molar-refractivity contribution in [1.29, 1.82) is 0 Å². The second-order valence-electron chi connectivity index (χ2n) is 32.4. The largest absolute Gasteiger partial charge is 0.369 e. The molecule has 0 aliphatic heterocycles. The van der Waals surface area contributed by atoms with Gasteiger partial charge in [-0.1, -0.05) is 388 Å². The summed E-state index contributed by atoms with van der Waals surface area (Å²) in [5.74, 6) is 46.6. The Labute approximate surface area is 741 Å². The maximum Gasteiger partial charge on any atom is 0.179 e. The normalized spacial score (nSPS) is 15.2. The zero-order chi connectivity index (χ0) is 87.0. The van der Waals surface area contributed by atoms with E-state index in [1.807, 2.05) is 388 Å². The Hall–Kier alpha value is -16.3. The molecule has 0 saturated carbocycles. The van der Waals surface area contributed by atoms with Gasteiger partial charge in [-0.25, -0.2) is 0 Å². The Kier molecular flexibility index (Phi) is 19.0. The van der Waals surface area contributed by atoms with Crippen molar-refractivity contribution in [3.05, 3.63) is 477 Å². The van der Waals surface area contributed by atoms with Gasteiger partial charge in [-0.3, -0.25) is 0 Å². The van der Waals surface area contributed by atoms with E-state index >= 15 is 0 Å². The van der Waals surface area contributed by atoms with Crippen molar-refractivity contribution in [2.75, 3.05) is 0 Å². The minimum atomic E-state index is -1.43. The first-order chi connectivity index (χ1) is 62.5. The molecule has 24 rings (SSSR count). The van der Waals surface area contributed by atoms with Gasteiger partial charge in [-0.15, -0.1) is 0 Å². The van der Waals surface area contributed by atoms with Gasteiger partial charge < -0.3 is 40.9 Å². The maximum atomic E-state index is 11.6. The van der Waals surface area contributed by atoms with Crippen molar-refractivity contribution in [2.45, 2.75) is 44.8 Å². The van der Waals surface area contributed by atoms with Crippen molar-refractivity contribution in [1.82, 2.24) is 0 Å². The van der Waals surface area contributed by atoms with E-state index in [-0.39, 0.29) is 0 Å². The average Bonchev–Trinajstić information content (AvgIpc) is 1.61. The summed E-state index contributed by atoms with van der Waals surface area (Å²) in [4.78, 5) is 0. The summed E-state index contributed by atoms with van der Waals surface area (Å²) >= 11 is 0. The van der Waals surface area contributed by atoms with Gasteiger partial charge in [0.1, 0.15) is 0 Å². The van der Waals surface area contributed by atoms with Crippen molar-refractivity contribution >= 4 is 0 Å². The summed E-state index contributed by atoms with van der Waals surface area (Å²) in [6.45, 7) is 0. The van der Waals surface area contributed by atoms with Crippen LogP contribution in [0.4, 0.5) is 0 Å². The fraction of sp³-hybridized carbons (Fsp3) is 0.0667. The van der Waals surface area contributed by atoms with Crippen LogP contribution in [0.1, 0.15) is 89.0 Å². The number of fused-ring (bicyclic) bond motifs is 24. The van der Waals surface area contributed by atoms with E-state index in [9.17, 15) is 40.9 Å². The highest BCUT2D eigenvalue weighted by Gasteiger charge is 2.48. The molecule has 16 aromatic rings. The SMILES string of the molecule is OC1(C#CC#CC2(O)c3ccccc3-c3ccccc32)c2ccccc2-c2ccccc21.OC1(C#CC#CC2(O)c3ccccc3-c3ccccc32)c2ccccc2-c2ccccc21.OC1(C#CC#CC2(O)c3ccccc3-c3ccccc32)c2ccccc2-c2ccccc21.OC1(C#CC#CC2(O)c3ccccc3-c3ccccc32)c2ccccc2-c2ccccc21. The lowest BCUT2D eigenvalue weighted by molar-refractivity contribution is 0.149. The second-order valence-corrected chi connectivity index (χ2v) is 32.4. The minimum absolute atomic E-state index is 0.755. The standard InChI is InChI=1S/4C30H18O2/c4*31-29(25-15-5-1-11-21(25)22-12-2-6-16-26(22)29)19-9-10-20-30(32)27-17-7-3-13-23(27)24-14-4-8-18-28(24)30/h4*1-8,11-18,31-32H. The van der Waals surface area contributed by atoms with Gasteiger partial charge in [0, 0.05) is 89.0 Å². The van der Waals surface area contributed by atoms with Crippen LogP contribution in [-0.2, 0) is 44.8 Å². The molecule has 0 fully saturated rings. The molecular formula is C120H72O8. The number of hydrogen-bond acceptors (Lipinski definition) is 8. The van der Waals surface area contributed by atoms with Crippen LogP contribution in [0.15, 0.2) is 388 Å². The molecule has 0 bridgehead atoms. The lowest BCUT2D eigenvalue weighted by Gasteiger charge is -2.19. The third-order valence-electron chi connectivity index (χ3n) is 25.6. The van der Waals surface area contributed by atoms with Crippen molar-refractivity contribution in [2.24, 2.45) is 0 Å². The van der Waals surface area contributed by atoms with Gasteiger partial charge in [0.15, 0.2) is 44.8 Å². The highest BCUT2D eigenvalue weighted by molar-refractivity contribution is 5.90. The molecule has 600 valence electrons. The third-order valence-corrected chi connectivity index (χ3v) is 25.6. The number of hydrogen-bond donors (Lipinski definition) is 8. The van der Waals surface area contributed by atoms with E-state index in [2.05, 4.69) is 94.7 Å². The lowest BCUT2D eigenvalue weighted by Crippen LogP contribution is -2.22. The van der Waals surface area contributed by atoms with Crippen LogP contribution in [0.2, 0.25) is 0 Å². The minimum Gasteiger partial charge on any atom is -0.369 e. The van der Waals surface area contributed by atoms with Crippen molar-refractivity contribution in [3.63, 3.8) is 0 Å². The van der Waals surface area contributed by atoms with E-state index in [1.54, 1.807) is 0 Å². The van der Waals surface area contributed by atoms with Gasteiger partial charge in [0.05, 0.1) is 0 Å².